The Morgan fingerprint density at radius 1 is 1.14 bits per heavy atom. The first-order chi connectivity index (χ1) is 10.6. The molecule has 118 valence electrons. The van der Waals surface area contributed by atoms with E-state index in [-0.39, 0.29) is 23.8 Å². The molecule has 1 saturated heterocycles. The topological polar surface area (TPSA) is 49.4 Å². The Hall–Kier alpha value is -1.84. The first-order valence-electron chi connectivity index (χ1n) is 8.29. The van der Waals surface area contributed by atoms with Gasteiger partial charge in [0.1, 0.15) is 0 Å². The summed E-state index contributed by atoms with van der Waals surface area (Å²) in [7, 11) is 0. The largest absolute Gasteiger partial charge is 0.349 e. The number of likely N-dealkylation sites (tertiary alicyclic amines) is 1. The van der Waals surface area contributed by atoms with E-state index in [9.17, 15) is 9.59 Å². The Labute approximate surface area is 131 Å². The molecule has 1 unspecified atom stereocenters. The number of fused-ring (bicyclic) bond motifs is 1. The molecule has 4 nitrogen and oxygen atoms in total. The average Bonchev–Trinajstić information content (AvgIpc) is 2.55. The zero-order valence-electron chi connectivity index (χ0n) is 13.2. The van der Waals surface area contributed by atoms with Crippen molar-refractivity contribution in [3.63, 3.8) is 0 Å². The highest BCUT2D eigenvalue weighted by Crippen LogP contribution is 2.30. The SMILES string of the molecule is CC(=O)N1CCC(C(=O)NC2CCCc3ccccc32)CC1. The van der Waals surface area contributed by atoms with Gasteiger partial charge in [-0.05, 0) is 43.2 Å². The number of carbonyl (C=O) groups excluding carboxylic acids is 2. The molecule has 3 rings (SSSR count). The second-order valence-electron chi connectivity index (χ2n) is 6.43. The van der Waals surface area contributed by atoms with Gasteiger partial charge in [-0.2, -0.15) is 0 Å². The van der Waals surface area contributed by atoms with Crippen molar-refractivity contribution in [2.24, 2.45) is 5.92 Å². The molecule has 2 amide bonds. The van der Waals surface area contributed by atoms with Crippen molar-refractivity contribution in [3.05, 3.63) is 35.4 Å². The molecule has 0 aromatic heterocycles. The number of nitrogens with zero attached hydrogens (tertiary/aromatic N) is 1. The highest BCUT2D eigenvalue weighted by atomic mass is 16.2. The highest BCUT2D eigenvalue weighted by molar-refractivity contribution is 5.80. The standard InChI is InChI=1S/C18H24N2O2/c1-13(21)20-11-9-15(10-12-20)18(22)19-17-8-4-6-14-5-2-3-7-16(14)17/h2-3,5,7,15,17H,4,6,8-12H2,1H3,(H,19,22). The van der Waals surface area contributed by atoms with Crippen molar-refractivity contribution in [1.82, 2.24) is 10.2 Å². The molecule has 0 spiro atoms. The van der Waals surface area contributed by atoms with Crippen LogP contribution in [0.15, 0.2) is 24.3 Å². The molecule has 1 aliphatic carbocycles. The summed E-state index contributed by atoms with van der Waals surface area (Å²) in [6, 6.07) is 8.58. The summed E-state index contributed by atoms with van der Waals surface area (Å²) in [5.74, 6) is 0.314. The summed E-state index contributed by atoms with van der Waals surface area (Å²) < 4.78 is 0. The van der Waals surface area contributed by atoms with Crippen molar-refractivity contribution in [2.75, 3.05) is 13.1 Å². The average molecular weight is 300 g/mol. The lowest BCUT2D eigenvalue weighted by molar-refractivity contribution is -0.134. The fourth-order valence-corrected chi connectivity index (χ4v) is 3.65. The molecule has 22 heavy (non-hydrogen) atoms. The predicted molar refractivity (Wildman–Crippen MR) is 85.2 cm³/mol. The Bertz CT molecular complexity index is 562. The summed E-state index contributed by atoms with van der Waals surface area (Å²) in [5.41, 5.74) is 2.65. The maximum Gasteiger partial charge on any atom is 0.223 e. The van der Waals surface area contributed by atoms with Gasteiger partial charge in [-0.25, -0.2) is 0 Å². The zero-order valence-corrected chi connectivity index (χ0v) is 13.2. The van der Waals surface area contributed by atoms with Crippen LogP contribution in [0.1, 0.15) is 49.8 Å². The van der Waals surface area contributed by atoms with E-state index < -0.39 is 0 Å². The lowest BCUT2D eigenvalue weighted by Gasteiger charge is -2.32. The van der Waals surface area contributed by atoms with Crippen molar-refractivity contribution < 1.29 is 9.59 Å². The van der Waals surface area contributed by atoms with Gasteiger partial charge in [0.25, 0.3) is 0 Å². The quantitative estimate of drug-likeness (QED) is 0.912. The molecule has 0 bridgehead atoms. The number of aryl methyl sites for hydroxylation is 1. The van der Waals surface area contributed by atoms with Gasteiger partial charge in [0.2, 0.25) is 11.8 Å². The molecule has 1 aliphatic heterocycles. The number of nitrogens with one attached hydrogen (secondary N) is 1. The summed E-state index contributed by atoms with van der Waals surface area (Å²) in [4.78, 5) is 25.7. The van der Waals surface area contributed by atoms with Gasteiger partial charge in [-0.15, -0.1) is 0 Å². The number of benzene rings is 1. The van der Waals surface area contributed by atoms with Gasteiger partial charge in [0.05, 0.1) is 6.04 Å². The molecule has 0 radical (unpaired) electrons. The maximum atomic E-state index is 12.5. The van der Waals surface area contributed by atoms with Gasteiger partial charge in [0.15, 0.2) is 0 Å². The van der Waals surface area contributed by atoms with E-state index in [0.29, 0.717) is 13.1 Å². The second kappa shape index (κ2) is 6.51. The van der Waals surface area contributed by atoms with Crippen LogP contribution in [-0.4, -0.2) is 29.8 Å². The number of hydrogen-bond acceptors (Lipinski definition) is 2. The Kier molecular flexibility index (Phi) is 4.46. The first-order valence-corrected chi connectivity index (χ1v) is 8.29. The van der Waals surface area contributed by atoms with E-state index in [1.807, 2.05) is 4.90 Å². The maximum absolute atomic E-state index is 12.5. The third-order valence-electron chi connectivity index (χ3n) is 5.00. The van der Waals surface area contributed by atoms with Crippen LogP contribution in [0.3, 0.4) is 0 Å². The minimum Gasteiger partial charge on any atom is -0.349 e. The van der Waals surface area contributed by atoms with Crippen molar-refractivity contribution in [3.8, 4) is 0 Å². The molecular weight excluding hydrogens is 276 g/mol. The Morgan fingerprint density at radius 3 is 2.59 bits per heavy atom. The van der Waals surface area contributed by atoms with Crippen LogP contribution in [0.2, 0.25) is 0 Å². The van der Waals surface area contributed by atoms with Gasteiger partial charge in [0, 0.05) is 25.9 Å². The summed E-state index contributed by atoms with van der Waals surface area (Å²) >= 11 is 0. The van der Waals surface area contributed by atoms with E-state index in [1.54, 1.807) is 6.92 Å². The van der Waals surface area contributed by atoms with E-state index in [0.717, 1.165) is 32.1 Å². The molecular formula is C18H24N2O2. The van der Waals surface area contributed by atoms with Crippen molar-refractivity contribution in [2.45, 2.75) is 45.1 Å². The molecule has 4 heteroatoms. The molecule has 1 atom stereocenters. The molecule has 1 aromatic rings. The smallest absolute Gasteiger partial charge is 0.223 e. The fraction of sp³-hybridized carbons (Fsp3) is 0.556. The van der Waals surface area contributed by atoms with E-state index >= 15 is 0 Å². The van der Waals surface area contributed by atoms with Crippen LogP contribution in [0.5, 0.6) is 0 Å². The van der Waals surface area contributed by atoms with Gasteiger partial charge in [-0.3, -0.25) is 9.59 Å². The minimum atomic E-state index is 0.0460. The second-order valence-corrected chi connectivity index (χ2v) is 6.43. The fourth-order valence-electron chi connectivity index (χ4n) is 3.65. The van der Waals surface area contributed by atoms with Crippen molar-refractivity contribution >= 4 is 11.8 Å². The Balaban J connectivity index is 1.60. The number of hydrogen-bond donors (Lipinski definition) is 1. The van der Waals surface area contributed by atoms with Crippen LogP contribution in [0.4, 0.5) is 0 Å². The summed E-state index contributed by atoms with van der Waals surface area (Å²) in [6.45, 7) is 3.00. The molecule has 1 aromatic carbocycles. The van der Waals surface area contributed by atoms with E-state index in [4.69, 9.17) is 0 Å². The molecule has 1 heterocycles. The van der Waals surface area contributed by atoms with Crippen LogP contribution in [0.25, 0.3) is 0 Å². The number of rotatable bonds is 2. The first kappa shape index (κ1) is 15.1. The number of amides is 2. The van der Waals surface area contributed by atoms with Crippen LogP contribution in [-0.2, 0) is 16.0 Å². The molecule has 1 N–H and O–H groups in total. The number of carbonyl (C=O) groups is 2. The highest BCUT2D eigenvalue weighted by Gasteiger charge is 2.29. The van der Waals surface area contributed by atoms with Crippen LogP contribution in [0, 0.1) is 5.92 Å². The van der Waals surface area contributed by atoms with E-state index in [2.05, 4.69) is 29.6 Å². The zero-order chi connectivity index (χ0) is 15.5. The lowest BCUT2D eigenvalue weighted by atomic mass is 9.87. The van der Waals surface area contributed by atoms with Gasteiger partial charge in [-0.1, -0.05) is 24.3 Å². The van der Waals surface area contributed by atoms with E-state index in [1.165, 1.54) is 11.1 Å². The lowest BCUT2D eigenvalue weighted by Crippen LogP contribution is -2.43. The molecule has 2 aliphatic rings. The normalized spacial score (nSPS) is 22.0. The van der Waals surface area contributed by atoms with Crippen molar-refractivity contribution in [1.29, 1.82) is 0 Å². The predicted octanol–water partition coefficient (Wildman–Crippen LogP) is 2.44. The van der Waals surface area contributed by atoms with Gasteiger partial charge >= 0.3 is 0 Å². The molecule has 0 saturated carbocycles. The third-order valence-corrected chi connectivity index (χ3v) is 5.00. The minimum absolute atomic E-state index is 0.0460. The summed E-state index contributed by atoms with van der Waals surface area (Å²) in [5, 5.41) is 3.25. The van der Waals surface area contributed by atoms with Gasteiger partial charge < -0.3 is 10.2 Å². The summed E-state index contributed by atoms with van der Waals surface area (Å²) in [6.07, 6.45) is 4.82. The number of piperidine rings is 1. The third kappa shape index (κ3) is 3.16. The van der Waals surface area contributed by atoms with Crippen LogP contribution >= 0.6 is 0 Å². The monoisotopic (exact) mass is 300 g/mol. The van der Waals surface area contributed by atoms with Crippen LogP contribution < -0.4 is 5.32 Å². The molecule has 1 fully saturated rings. The Morgan fingerprint density at radius 2 is 1.86 bits per heavy atom.